The number of aromatic nitrogens is 4. The summed E-state index contributed by atoms with van der Waals surface area (Å²) < 4.78 is 12.5. The fraction of sp³-hybridized carbons (Fsp3) is 0.455. The molecule has 2 aromatic rings. The fourth-order valence-electron chi connectivity index (χ4n) is 2.04. The minimum Gasteiger partial charge on any atom is -0.480 e. The van der Waals surface area contributed by atoms with Crippen LogP contribution in [0.3, 0.4) is 0 Å². The molecule has 0 saturated carbocycles. The van der Waals surface area contributed by atoms with Crippen LogP contribution < -0.4 is 5.56 Å². The van der Waals surface area contributed by atoms with Crippen LogP contribution in [0.4, 0.5) is 0 Å². The van der Waals surface area contributed by atoms with Crippen LogP contribution in [0.25, 0.3) is 11.2 Å². The number of imidazole rings is 1. The van der Waals surface area contributed by atoms with Crippen LogP contribution in [0.15, 0.2) is 17.4 Å². The molecule has 0 atom stereocenters. The molecule has 0 aliphatic rings. The van der Waals surface area contributed by atoms with E-state index in [-0.39, 0.29) is 37.3 Å². The molecular formula is C11H16N5O6P. The quantitative estimate of drug-likeness (QED) is 0.425. The van der Waals surface area contributed by atoms with Crippen LogP contribution >= 0.6 is 7.60 Å². The Balaban J connectivity index is 2.07. The Hall–Kier alpha value is -2.07. The predicted octanol–water partition coefficient (Wildman–Crippen LogP) is -1.32. The molecule has 2 rings (SSSR count). The lowest BCUT2D eigenvalue weighted by atomic mass is 10.4. The predicted molar refractivity (Wildman–Crippen MR) is 79.1 cm³/mol. The third-order valence-corrected chi connectivity index (χ3v) is 3.91. The molecular weight excluding hydrogens is 329 g/mol. The molecule has 11 nitrogen and oxygen atoms in total. The number of nitrogens with one attached hydrogen (secondary N) is 1. The van der Waals surface area contributed by atoms with Crippen molar-refractivity contribution in [1.29, 1.82) is 0 Å². The van der Waals surface area contributed by atoms with Gasteiger partial charge in [-0.25, -0.2) is 9.97 Å². The zero-order valence-electron chi connectivity index (χ0n) is 12.0. The fourth-order valence-corrected chi connectivity index (χ4v) is 2.58. The molecule has 0 saturated heterocycles. The first-order valence-electron chi connectivity index (χ1n) is 6.63. The third kappa shape index (κ3) is 4.96. The van der Waals surface area contributed by atoms with Gasteiger partial charge in [0.05, 0.1) is 25.4 Å². The van der Waals surface area contributed by atoms with Crippen molar-refractivity contribution in [2.75, 3.05) is 25.8 Å². The molecule has 4 N–H and O–H groups in total. The SMILES string of the molecule is O=C(O)CN(CCn1cnc2c(=O)[nH]cnc21)CCP(=O)(O)O. The van der Waals surface area contributed by atoms with Crippen molar-refractivity contribution in [2.24, 2.45) is 0 Å². The maximum Gasteiger partial charge on any atom is 0.326 e. The van der Waals surface area contributed by atoms with Gasteiger partial charge in [-0.2, -0.15) is 0 Å². The van der Waals surface area contributed by atoms with Gasteiger partial charge >= 0.3 is 13.6 Å². The van der Waals surface area contributed by atoms with Crippen LogP contribution in [0.2, 0.25) is 0 Å². The highest BCUT2D eigenvalue weighted by molar-refractivity contribution is 7.51. The van der Waals surface area contributed by atoms with Crippen LogP contribution in [0.5, 0.6) is 0 Å². The van der Waals surface area contributed by atoms with E-state index in [0.29, 0.717) is 5.65 Å². The van der Waals surface area contributed by atoms with Gasteiger partial charge in [0.2, 0.25) is 0 Å². The van der Waals surface area contributed by atoms with E-state index in [0.717, 1.165) is 0 Å². The van der Waals surface area contributed by atoms with Crippen molar-refractivity contribution < 1.29 is 24.3 Å². The highest BCUT2D eigenvalue weighted by Gasteiger charge is 2.18. The van der Waals surface area contributed by atoms with E-state index < -0.39 is 19.7 Å². The van der Waals surface area contributed by atoms with E-state index in [1.807, 2.05) is 0 Å². The first kappa shape index (κ1) is 17.3. The van der Waals surface area contributed by atoms with Crippen molar-refractivity contribution in [3.05, 3.63) is 23.0 Å². The number of aliphatic carboxylic acids is 1. The number of hydrogen-bond acceptors (Lipinski definition) is 6. The molecule has 0 bridgehead atoms. The van der Waals surface area contributed by atoms with Gasteiger partial charge in [-0.1, -0.05) is 0 Å². The molecule has 0 spiro atoms. The lowest BCUT2D eigenvalue weighted by molar-refractivity contribution is -0.138. The monoisotopic (exact) mass is 345 g/mol. The van der Waals surface area contributed by atoms with Gasteiger partial charge in [0, 0.05) is 19.6 Å². The number of fused-ring (bicyclic) bond motifs is 1. The molecule has 0 aliphatic heterocycles. The maximum absolute atomic E-state index is 11.5. The van der Waals surface area contributed by atoms with Crippen molar-refractivity contribution in [3.63, 3.8) is 0 Å². The zero-order chi connectivity index (χ0) is 17.0. The zero-order valence-corrected chi connectivity index (χ0v) is 12.9. The molecule has 0 radical (unpaired) electrons. The Morgan fingerprint density at radius 3 is 2.74 bits per heavy atom. The topological polar surface area (TPSA) is 162 Å². The summed E-state index contributed by atoms with van der Waals surface area (Å²) in [5, 5.41) is 8.87. The second kappa shape index (κ2) is 7.01. The van der Waals surface area contributed by atoms with E-state index in [4.69, 9.17) is 14.9 Å². The van der Waals surface area contributed by atoms with Gasteiger partial charge in [-0.3, -0.25) is 19.1 Å². The van der Waals surface area contributed by atoms with Crippen LogP contribution in [-0.4, -0.2) is 71.1 Å². The lowest BCUT2D eigenvalue weighted by Gasteiger charge is -2.20. The van der Waals surface area contributed by atoms with E-state index in [1.54, 1.807) is 4.57 Å². The van der Waals surface area contributed by atoms with E-state index in [9.17, 15) is 14.2 Å². The lowest BCUT2D eigenvalue weighted by Crippen LogP contribution is -2.34. The summed E-state index contributed by atoms with van der Waals surface area (Å²) in [5.74, 6) is -1.10. The number of carbonyl (C=O) groups is 1. The Kier molecular flexibility index (Phi) is 5.26. The second-order valence-corrected chi connectivity index (χ2v) is 6.68. The van der Waals surface area contributed by atoms with Gasteiger partial charge in [0.15, 0.2) is 11.2 Å². The second-order valence-electron chi connectivity index (χ2n) is 4.90. The van der Waals surface area contributed by atoms with E-state index >= 15 is 0 Å². The van der Waals surface area contributed by atoms with Crippen molar-refractivity contribution in [3.8, 4) is 0 Å². The summed E-state index contributed by atoms with van der Waals surface area (Å²) >= 11 is 0. The molecule has 2 heterocycles. The minimum absolute atomic E-state index is 0.0583. The standard InChI is InChI=1S/C11H16N5O6P/c17-8(18)5-15(3-4-23(20,21)22)1-2-16-7-14-9-10(16)12-6-13-11(9)19/h6-7H,1-5H2,(H,17,18)(H,12,13,19)(H2,20,21,22). The molecule has 12 heteroatoms. The van der Waals surface area contributed by atoms with E-state index in [1.165, 1.54) is 17.6 Å². The van der Waals surface area contributed by atoms with Crippen LogP contribution in [0, 0.1) is 0 Å². The Morgan fingerprint density at radius 1 is 1.35 bits per heavy atom. The molecule has 0 fully saturated rings. The first-order chi connectivity index (χ1) is 10.8. The molecule has 0 aromatic carbocycles. The van der Waals surface area contributed by atoms with E-state index in [2.05, 4.69) is 15.0 Å². The van der Waals surface area contributed by atoms with Gasteiger partial charge in [-0.15, -0.1) is 0 Å². The Bertz CT molecular complexity index is 796. The highest BCUT2D eigenvalue weighted by atomic mass is 31.2. The number of rotatable bonds is 8. The van der Waals surface area contributed by atoms with Crippen molar-refractivity contribution in [2.45, 2.75) is 6.54 Å². The molecule has 0 aliphatic carbocycles. The number of carboxylic acid groups (broad SMARTS) is 1. The normalized spacial score (nSPS) is 12.1. The Morgan fingerprint density at radius 2 is 2.09 bits per heavy atom. The largest absolute Gasteiger partial charge is 0.480 e. The average molecular weight is 345 g/mol. The van der Waals surface area contributed by atoms with Gasteiger partial charge < -0.3 is 24.4 Å². The van der Waals surface area contributed by atoms with Crippen LogP contribution in [-0.2, 0) is 15.9 Å². The number of carboxylic acids is 1. The average Bonchev–Trinajstić information content (AvgIpc) is 2.85. The third-order valence-electron chi connectivity index (χ3n) is 3.13. The number of aromatic amines is 1. The van der Waals surface area contributed by atoms with Gasteiger partial charge in [0.1, 0.15) is 0 Å². The Labute approximate surface area is 129 Å². The summed E-state index contributed by atoms with van der Waals surface area (Å²) in [6.45, 7) is 0.0888. The molecule has 0 unspecified atom stereocenters. The highest BCUT2D eigenvalue weighted by Crippen LogP contribution is 2.33. The van der Waals surface area contributed by atoms with Gasteiger partial charge in [-0.05, 0) is 0 Å². The minimum atomic E-state index is -4.20. The first-order valence-corrected chi connectivity index (χ1v) is 8.43. The summed E-state index contributed by atoms with van der Waals surface area (Å²) in [6, 6.07) is 0. The molecule has 0 amide bonds. The number of H-pyrrole nitrogens is 1. The summed E-state index contributed by atoms with van der Waals surface area (Å²) in [7, 11) is -4.20. The van der Waals surface area contributed by atoms with Crippen molar-refractivity contribution in [1.82, 2.24) is 24.4 Å². The molecule has 126 valence electrons. The summed E-state index contributed by atoms with van der Waals surface area (Å²) in [6.07, 6.45) is 2.23. The smallest absolute Gasteiger partial charge is 0.326 e. The van der Waals surface area contributed by atoms with Gasteiger partial charge in [0.25, 0.3) is 5.56 Å². The maximum atomic E-state index is 11.5. The van der Waals surface area contributed by atoms with Crippen LogP contribution in [0.1, 0.15) is 0 Å². The summed E-state index contributed by atoms with van der Waals surface area (Å²) in [5.41, 5.74) is 0.157. The summed E-state index contributed by atoms with van der Waals surface area (Å²) in [4.78, 5) is 51.9. The number of hydrogen-bond donors (Lipinski definition) is 4. The number of nitrogens with zero attached hydrogens (tertiary/aromatic N) is 4. The van der Waals surface area contributed by atoms with Crippen molar-refractivity contribution >= 4 is 24.7 Å². The molecule has 23 heavy (non-hydrogen) atoms. The molecule has 2 aromatic heterocycles.